The minimum atomic E-state index is -1.11. The Morgan fingerprint density at radius 1 is 0.971 bits per heavy atom. The van der Waals surface area contributed by atoms with Gasteiger partial charge in [-0.2, -0.15) is 0 Å². The number of benzene rings is 1. The zero-order valence-electron chi connectivity index (χ0n) is 21.0. The zero-order valence-corrected chi connectivity index (χ0v) is 21.0. The summed E-state index contributed by atoms with van der Waals surface area (Å²) in [5, 5.41) is 11.5. The van der Waals surface area contributed by atoms with E-state index in [4.69, 9.17) is 14.2 Å². The molecule has 0 spiro atoms. The predicted molar refractivity (Wildman–Crippen MR) is 125 cm³/mol. The molecule has 0 bridgehead atoms. The molecule has 0 heterocycles. The predicted octanol–water partition coefficient (Wildman–Crippen LogP) is 4.62. The van der Waals surface area contributed by atoms with E-state index in [1.54, 1.807) is 78.8 Å². The van der Waals surface area contributed by atoms with Crippen LogP contribution in [0.15, 0.2) is 30.3 Å². The maximum atomic E-state index is 13.2. The molecule has 190 valence electrons. The summed E-state index contributed by atoms with van der Waals surface area (Å²) in [4.78, 5) is 50.5. The summed E-state index contributed by atoms with van der Waals surface area (Å²) in [7, 11) is 0. The lowest BCUT2D eigenvalue weighted by atomic mass is 9.89. The third-order valence-corrected chi connectivity index (χ3v) is 4.46. The van der Waals surface area contributed by atoms with Crippen LogP contribution >= 0.6 is 0 Å². The number of esters is 1. The summed E-state index contributed by atoms with van der Waals surface area (Å²) in [6.07, 6.45) is -2.34. The second-order valence-electron chi connectivity index (χ2n) is 9.87. The highest BCUT2D eigenvalue weighted by Crippen LogP contribution is 2.26. The van der Waals surface area contributed by atoms with E-state index in [1.807, 2.05) is 0 Å². The van der Waals surface area contributed by atoms with E-state index in [0.717, 1.165) is 4.90 Å². The molecule has 0 aliphatic carbocycles. The van der Waals surface area contributed by atoms with Gasteiger partial charge in [-0.25, -0.2) is 14.5 Å². The van der Waals surface area contributed by atoms with Crippen LogP contribution in [0.1, 0.15) is 60.5 Å². The number of imide groups is 1. The number of ether oxygens (including phenoxy) is 3. The molecule has 2 amide bonds. The minimum Gasteiger partial charge on any atom is -0.466 e. The fraction of sp³-hybridized carbons (Fsp3) is 0.625. The summed E-state index contributed by atoms with van der Waals surface area (Å²) in [5.74, 6) is -1.71. The monoisotopic (exact) mass is 480 g/mol. The molecule has 1 aromatic carbocycles. The Bertz CT molecular complexity index is 815. The molecule has 0 radical (unpaired) electrons. The second kappa shape index (κ2) is 12.3. The van der Waals surface area contributed by atoms with E-state index in [1.165, 1.54) is 0 Å². The standard InChI is InChI=1S/C24H36N2O8/c1-8-32-20(27)15-18(16-25(30)31)19(14-17-12-10-9-11-13-17)26(21(28)33-23(2,3)4)22(29)34-24(5,6)7/h9-13,18-19H,8,14-16H2,1-7H3/t18-,19+/m1/s1. The fourth-order valence-corrected chi connectivity index (χ4v) is 3.24. The second-order valence-corrected chi connectivity index (χ2v) is 9.87. The van der Waals surface area contributed by atoms with Gasteiger partial charge in [-0.05, 0) is 60.5 Å². The van der Waals surface area contributed by atoms with Crippen molar-refractivity contribution in [3.63, 3.8) is 0 Å². The molecule has 10 nitrogen and oxygen atoms in total. The van der Waals surface area contributed by atoms with Crippen LogP contribution in [0, 0.1) is 16.0 Å². The molecule has 0 aliphatic heterocycles. The summed E-state index contributed by atoms with van der Waals surface area (Å²) in [5.41, 5.74) is -1.19. The number of hydrogen-bond donors (Lipinski definition) is 0. The third kappa shape index (κ3) is 10.6. The minimum absolute atomic E-state index is 0.0528. The van der Waals surface area contributed by atoms with E-state index in [0.29, 0.717) is 5.56 Å². The highest BCUT2D eigenvalue weighted by molar-refractivity contribution is 5.89. The van der Waals surface area contributed by atoms with Gasteiger partial charge in [-0.3, -0.25) is 14.9 Å². The summed E-state index contributed by atoms with van der Waals surface area (Å²) in [6.45, 7) is 10.9. The van der Waals surface area contributed by atoms with Crippen molar-refractivity contribution in [3.05, 3.63) is 46.0 Å². The van der Waals surface area contributed by atoms with Gasteiger partial charge in [-0.15, -0.1) is 0 Å². The van der Waals surface area contributed by atoms with Gasteiger partial charge in [0.1, 0.15) is 11.2 Å². The normalized spacial score (nSPS) is 13.4. The van der Waals surface area contributed by atoms with Crippen LogP contribution in [-0.4, -0.2) is 58.4 Å². The molecular weight excluding hydrogens is 444 g/mol. The zero-order chi connectivity index (χ0) is 26.1. The SMILES string of the molecule is CCOC(=O)C[C@H](C[N+](=O)[O-])[C@H](Cc1ccccc1)N(C(=O)OC(C)(C)C)C(=O)OC(C)(C)C. The Balaban J connectivity index is 3.59. The molecule has 0 saturated carbocycles. The molecule has 0 fully saturated rings. The van der Waals surface area contributed by atoms with Gasteiger partial charge in [0.05, 0.1) is 25.0 Å². The van der Waals surface area contributed by atoms with Crippen LogP contribution in [0.5, 0.6) is 0 Å². The summed E-state index contributed by atoms with van der Waals surface area (Å²) < 4.78 is 15.9. The molecule has 2 atom stereocenters. The Morgan fingerprint density at radius 2 is 1.47 bits per heavy atom. The van der Waals surface area contributed by atoms with Crippen molar-refractivity contribution >= 4 is 18.2 Å². The van der Waals surface area contributed by atoms with E-state index in [9.17, 15) is 24.5 Å². The van der Waals surface area contributed by atoms with Crippen molar-refractivity contribution in [2.75, 3.05) is 13.2 Å². The number of nitrogens with zero attached hydrogens (tertiary/aromatic N) is 2. The average molecular weight is 481 g/mol. The maximum absolute atomic E-state index is 13.2. The highest BCUT2D eigenvalue weighted by Gasteiger charge is 2.43. The topological polar surface area (TPSA) is 125 Å². The molecule has 0 unspecified atom stereocenters. The lowest BCUT2D eigenvalue weighted by Crippen LogP contribution is -2.54. The van der Waals surface area contributed by atoms with Crippen molar-refractivity contribution in [1.82, 2.24) is 4.90 Å². The number of nitro groups is 1. The molecular formula is C24H36N2O8. The highest BCUT2D eigenvalue weighted by atomic mass is 16.6. The van der Waals surface area contributed by atoms with Crippen LogP contribution in [0.3, 0.4) is 0 Å². The van der Waals surface area contributed by atoms with Crippen molar-refractivity contribution < 1.29 is 33.5 Å². The number of hydrogen-bond acceptors (Lipinski definition) is 8. The fourth-order valence-electron chi connectivity index (χ4n) is 3.24. The largest absolute Gasteiger partial charge is 0.466 e. The van der Waals surface area contributed by atoms with Gasteiger partial charge >= 0.3 is 18.2 Å². The Morgan fingerprint density at radius 3 is 1.88 bits per heavy atom. The number of amides is 2. The van der Waals surface area contributed by atoms with Gasteiger partial charge in [0.15, 0.2) is 0 Å². The Kier molecular flexibility index (Phi) is 10.5. The van der Waals surface area contributed by atoms with Crippen LogP contribution in [-0.2, 0) is 25.4 Å². The quantitative estimate of drug-likeness (QED) is 0.217. The molecule has 0 N–H and O–H groups in total. The van der Waals surface area contributed by atoms with Gasteiger partial charge in [-0.1, -0.05) is 30.3 Å². The first-order chi connectivity index (χ1) is 15.6. The van der Waals surface area contributed by atoms with Crippen LogP contribution in [0.2, 0.25) is 0 Å². The molecule has 0 aliphatic rings. The van der Waals surface area contributed by atoms with E-state index in [-0.39, 0.29) is 19.4 Å². The van der Waals surface area contributed by atoms with Gasteiger partial charge in [0.25, 0.3) is 0 Å². The third-order valence-electron chi connectivity index (χ3n) is 4.46. The summed E-state index contributed by atoms with van der Waals surface area (Å²) >= 11 is 0. The Hall–Kier alpha value is -3.17. The van der Waals surface area contributed by atoms with Crippen LogP contribution in [0.25, 0.3) is 0 Å². The molecule has 34 heavy (non-hydrogen) atoms. The first kappa shape index (κ1) is 28.9. The van der Waals surface area contributed by atoms with Crippen LogP contribution < -0.4 is 0 Å². The molecule has 1 aromatic rings. The van der Waals surface area contributed by atoms with Crippen molar-refractivity contribution in [1.29, 1.82) is 0 Å². The number of carbonyl (C=O) groups is 3. The van der Waals surface area contributed by atoms with Crippen molar-refractivity contribution in [3.8, 4) is 0 Å². The van der Waals surface area contributed by atoms with Gasteiger partial charge in [0.2, 0.25) is 6.54 Å². The van der Waals surface area contributed by atoms with Crippen LogP contribution in [0.4, 0.5) is 9.59 Å². The molecule has 10 heteroatoms. The number of rotatable bonds is 9. The molecule has 1 rings (SSSR count). The van der Waals surface area contributed by atoms with Crippen molar-refractivity contribution in [2.45, 2.75) is 78.6 Å². The Labute approximate surface area is 200 Å². The lowest BCUT2D eigenvalue weighted by molar-refractivity contribution is -0.489. The smallest absolute Gasteiger partial charge is 0.420 e. The van der Waals surface area contributed by atoms with Gasteiger partial charge < -0.3 is 14.2 Å². The first-order valence-corrected chi connectivity index (χ1v) is 11.2. The van der Waals surface area contributed by atoms with Crippen molar-refractivity contribution in [2.24, 2.45) is 5.92 Å². The molecule has 0 aromatic heterocycles. The first-order valence-electron chi connectivity index (χ1n) is 11.2. The lowest BCUT2D eigenvalue weighted by Gasteiger charge is -2.36. The number of carbonyl (C=O) groups excluding carboxylic acids is 3. The molecule has 0 saturated heterocycles. The summed E-state index contributed by atoms with van der Waals surface area (Å²) in [6, 6.07) is 7.76. The van der Waals surface area contributed by atoms with E-state index >= 15 is 0 Å². The van der Waals surface area contributed by atoms with E-state index in [2.05, 4.69) is 0 Å². The average Bonchev–Trinajstić information content (AvgIpc) is 2.64. The van der Waals surface area contributed by atoms with Gasteiger partial charge in [0, 0.05) is 4.92 Å². The van der Waals surface area contributed by atoms with E-state index < -0.39 is 52.8 Å². The maximum Gasteiger partial charge on any atom is 0.420 e.